The molecule has 0 aliphatic rings. The Labute approximate surface area is 225 Å². The van der Waals surface area contributed by atoms with Gasteiger partial charge >= 0.3 is 0 Å². The lowest BCUT2D eigenvalue weighted by Gasteiger charge is -2.12. The molecule has 0 saturated heterocycles. The van der Waals surface area contributed by atoms with E-state index in [1.165, 1.54) is 101 Å². The third kappa shape index (κ3) is 5.61. The molecule has 0 radical (unpaired) electrons. The number of hydrogen-bond donors (Lipinski definition) is 0. The summed E-state index contributed by atoms with van der Waals surface area (Å²) in [7, 11) is 0. The van der Waals surface area contributed by atoms with E-state index in [1.807, 2.05) is 49.1 Å². The second-order valence-corrected chi connectivity index (χ2v) is 10.1. The van der Waals surface area contributed by atoms with Gasteiger partial charge in [-0.25, -0.2) is 13.2 Å². The van der Waals surface area contributed by atoms with Crippen LogP contribution in [0.15, 0.2) is 61.2 Å². The van der Waals surface area contributed by atoms with Crippen LogP contribution in [0, 0.1) is 42.0 Å². The number of hydrogen-bond acceptors (Lipinski definition) is 2. The van der Waals surface area contributed by atoms with E-state index in [1.54, 1.807) is 0 Å². The van der Waals surface area contributed by atoms with Gasteiger partial charge in [-0.3, -0.25) is 9.97 Å². The van der Waals surface area contributed by atoms with Gasteiger partial charge in [-0.2, -0.15) is 0 Å². The van der Waals surface area contributed by atoms with Crippen molar-refractivity contribution in [2.24, 2.45) is 0 Å². The lowest BCUT2D eigenvalue weighted by Crippen LogP contribution is -2.01. The highest BCUT2D eigenvalue weighted by Gasteiger charge is 2.20. The van der Waals surface area contributed by atoms with Crippen molar-refractivity contribution in [3.8, 4) is 22.3 Å². The molecule has 0 atom stereocenters. The van der Waals surface area contributed by atoms with Crippen molar-refractivity contribution >= 4 is 67.8 Å². The van der Waals surface area contributed by atoms with Crippen LogP contribution in [0.2, 0.25) is 0 Å². The van der Waals surface area contributed by atoms with Crippen LogP contribution >= 0.6 is 67.8 Å². The molecule has 8 heteroatoms. The fraction of sp³-hybridized carbons (Fsp3) is 0.0833. The van der Waals surface area contributed by atoms with E-state index in [0.717, 1.165) is 0 Å². The minimum Gasteiger partial charge on any atom is -0.265 e. The second kappa shape index (κ2) is 11.2. The van der Waals surface area contributed by atoms with Crippen molar-refractivity contribution in [2.45, 2.75) is 13.8 Å². The molecule has 4 rings (SSSR count). The van der Waals surface area contributed by atoms with Gasteiger partial charge in [0.25, 0.3) is 0 Å². The van der Waals surface area contributed by atoms with Crippen molar-refractivity contribution < 1.29 is 13.2 Å². The van der Waals surface area contributed by atoms with Crippen molar-refractivity contribution in [1.82, 2.24) is 9.97 Å². The van der Waals surface area contributed by atoms with Crippen molar-refractivity contribution in [1.29, 1.82) is 0 Å². The molecule has 0 bridgehead atoms. The van der Waals surface area contributed by atoms with E-state index in [-0.39, 0.29) is 10.7 Å². The highest BCUT2D eigenvalue weighted by molar-refractivity contribution is 14.1. The zero-order chi connectivity index (χ0) is 23.4. The summed E-state index contributed by atoms with van der Waals surface area (Å²) in [6.07, 6.45) is 7.34. The molecule has 0 N–H and O–H groups in total. The molecule has 164 valence electrons. The van der Waals surface area contributed by atoms with Gasteiger partial charge < -0.3 is 0 Å². The molecule has 0 saturated carbocycles. The van der Waals surface area contributed by atoms with Crippen molar-refractivity contribution in [3.05, 3.63) is 100 Å². The predicted octanol–water partition coefficient (Wildman–Crippen LogP) is 8.35. The standard InChI is InChI=1S/C18H16N2.C6F3I3/c1-13-11-18(16-5-9-20-10-6-16)14(2)12-17(13)15-3-7-19-8-4-15;7-1-4(10)2(8)6(12)3(9)5(1)11/h3-12H,1-2H3;. The van der Waals surface area contributed by atoms with Gasteiger partial charge in [0, 0.05) is 24.8 Å². The summed E-state index contributed by atoms with van der Waals surface area (Å²) < 4.78 is 38.3. The highest BCUT2D eigenvalue weighted by atomic mass is 127. The van der Waals surface area contributed by atoms with Crippen LogP contribution in [0.1, 0.15) is 11.1 Å². The van der Waals surface area contributed by atoms with E-state index >= 15 is 0 Å². The first-order valence-corrected chi connectivity index (χ1v) is 12.5. The van der Waals surface area contributed by atoms with Crippen LogP contribution in [0.5, 0.6) is 0 Å². The maximum absolute atomic E-state index is 12.9. The third-order valence-corrected chi connectivity index (χ3v) is 7.55. The monoisotopic (exact) mass is 770 g/mol. The number of nitrogens with zero attached hydrogens (tertiary/aromatic N) is 2. The van der Waals surface area contributed by atoms with E-state index in [0.29, 0.717) is 0 Å². The average Bonchev–Trinajstić information content (AvgIpc) is 2.83. The van der Waals surface area contributed by atoms with E-state index in [4.69, 9.17) is 0 Å². The van der Waals surface area contributed by atoms with Gasteiger partial charge in [-0.1, -0.05) is 12.1 Å². The molecule has 0 spiro atoms. The summed E-state index contributed by atoms with van der Waals surface area (Å²) >= 11 is 4.53. The Kier molecular flexibility index (Phi) is 8.90. The quantitative estimate of drug-likeness (QED) is 0.117. The largest absolute Gasteiger partial charge is 0.265 e. The Hall–Kier alpha value is -1.28. The molecule has 0 aliphatic heterocycles. The smallest absolute Gasteiger partial charge is 0.155 e. The van der Waals surface area contributed by atoms with Crippen LogP contribution in [0.3, 0.4) is 0 Å². The third-order valence-electron chi connectivity index (χ3n) is 4.71. The molecule has 32 heavy (non-hydrogen) atoms. The van der Waals surface area contributed by atoms with E-state index < -0.39 is 17.5 Å². The fourth-order valence-corrected chi connectivity index (χ4v) is 6.25. The molecule has 2 nitrogen and oxygen atoms in total. The van der Waals surface area contributed by atoms with Crippen molar-refractivity contribution in [2.75, 3.05) is 0 Å². The molecule has 0 unspecified atom stereocenters. The van der Waals surface area contributed by atoms with Gasteiger partial charge in [-0.15, -0.1) is 0 Å². The summed E-state index contributed by atoms with van der Waals surface area (Å²) in [5, 5.41) is 0. The van der Waals surface area contributed by atoms with Crippen LogP contribution in [-0.2, 0) is 0 Å². The van der Waals surface area contributed by atoms with Gasteiger partial charge in [0.15, 0.2) is 17.5 Å². The minimum atomic E-state index is -0.827. The number of aryl methyl sites for hydroxylation is 2. The summed E-state index contributed by atoms with van der Waals surface area (Å²) in [4.78, 5) is 8.16. The Morgan fingerprint density at radius 3 is 1.12 bits per heavy atom. The second-order valence-electron chi connectivity index (χ2n) is 6.84. The van der Waals surface area contributed by atoms with Crippen LogP contribution < -0.4 is 0 Å². The first-order chi connectivity index (χ1) is 15.2. The topological polar surface area (TPSA) is 25.8 Å². The minimum absolute atomic E-state index is 0.164. The van der Waals surface area contributed by atoms with Gasteiger partial charge in [-0.05, 0) is 139 Å². The van der Waals surface area contributed by atoms with Gasteiger partial charge in [0.1, 0.15) is 0 Å². The highest BCUT2D eigenvalue weighted by Crippen LogP contribution is 2.31. The Bertz CT molecular complexity index is 1080. The molecule has 0 amide bonds. The first-order valence-electron chi connectivity index (χ1n) is 9.31. The summed E-state index contributed by atoms with van der Waals surface area (Å²) in [5.74, 6) is -2.48. The molecular weight excluding hydrogens is 754 g/mol. The maximum Gasteiger partial charge on any atom is 0.155 e. The van der Waals surface area contributed by atoms with Crippen LogP contribution in [-0.4, -0.2) is 9.97 Å². The maximum atomic E-state index is 12.9. The Balaban J connectivity index is 0.000000207. The lowest BCUT2D eigenvalue weighted by atomic mass is 9.93. The molecule has 2 aromatic heterocycles. The summed E-state index contributed by atoms with van der Waals surface area (Å²) in [6, 6.07) is 12.7. The first kappa shape index (κ1) is 25.3. The van der Waals surface area contributed by atoms with Gasteiger partial charge in [0.05, 0.1) is 10.7 Å². The van der Waals surface area contributed by atoms with Gasteiger partial charge in [0.2, 0.25) is 0 Å². The number of aromatic nitrogens is 2. The number of benzene rings is 2. The Morgan fingerprint density at radius 2 is 0.844 bits per heavy atom. The molecule has 2 heterocycles. The van der Waals surface area contributed by atoms with Crippen molar-refractivity contribution in [3.63, 3.8) is 0 Å². The number of halogens is 6. The predicted molar refractivity (Wildman–Crippen MR) is 147 cm³/mol. The SMILES string of the molecule is Cc1cc(-c2ccncc2)c(C)cc1-c1ccncc1.Fc1c(I)c(F)c(I)c(F)c1I. The molecule has 0 fully saturated rings. The number of pyridine rings is 2. The summed E-state index contributed by atoms with van der Waals surface area (Å²) in [6.45, 7) is 4.31. The molecule has 2 aromatic carbocycles. The zero-order valence-electron chi connectivity index (χ0n) is 16.9. The van der Waals surface area contributed by atoms with Crippen LogP contribution in [0.4, 0.5) is 13.2 Å². The molecule has 4 aromatic rings. The molecule has 0 aliphatic carbocycles. The zero-order valence-corrected chi connectivity index (χ0v) is 23.4. The Morgan fingerprint density at radius 1 is 0.562 bits per heavy atom. The average molecular weight is 770 g/mol. The lowest BCUT2D eigenvalue weighted by molar-refractivity contribution is 0.515. The normalized spacial score (nSPS) is 10.5. The van der Waals surface area contributed by atoms with E-state index in [2.05, 4.69) is 35.9 Å². The fourth-order valence-electron chi connectivity index (χ4n) is 3.08. The summed E-state index contributed by atoms with van der Waals surface area (Å²) in [5.41, 5.74) is 7.50. The molecular formula is C24H16F3I3N2. The van der Waals surface area contributed by atoms with E-state index in [9.17, 15) is 13.2 Å². The number of rotatable bonds is 2. The van der Waals surface area contributed by atoms with Crippen LogP contribution in [0.25, 0.3) is 22.3 Å².